The Labute approximate surface area is 310 Å². The van der Waals surface area contributed by atoms with E-state index in [1.165, 1.54) is 83.7 Å². The van der Waals surface area contributed by atoms with Crippen molar-refractivity contribution in [3.8, 4) is 0 Å². The lowest BCUT2D eigenvalue weighted by molar-refractivity contribution is 0.0289. The van der Waals surface area contributed by atoms with Gasteiger partial charge in [-0.05, 0) is 116 Å². The summed E-state index contributed by atoms with van der Waals surface area (Å²) in [5.41, 5.74) is 2.42. The molecule has 0 aromatic carbocycles. The first-order chi connectivity index (χ1) is 22.3. The fourth-order valence-electron chi connectivity index (χ4n) is 7.29. The molecule has 1 atom stereocenters. The van der Waals surface area contributed by atoms with Crippen LogP contribution in [0.15, 0.2) is 0 Å². The van der Waals surface area contributed by atoms with Crippen molar-refractivity contribution >= 4 is 0 Å². The van der Waals surface area contributed by atoms with Gasteiger partial charge >= 0.3 is 0 Å². The van der Waals surface area contributed by atoms with Gasteiger partial charge in [0, 0.05) is 33.4 Å². The number of likely N-dealkylation sites (tertiary alicyclic amines) is 1. The van der Waals surface area contributed by atoms with E-state index in [1.54, 1.807) is 14.2 Å². The summed E-state index contributed by atoms with van der Waals surface area (Å²) in [4.78, 5) is 2.43. The molecular formula is C45H93NO3. The molecule has 1 unspecified atom stereocenters. The number of hydrogen-bond donors (Lipinski definition) is 0. The lowest BCUT2D eigenvalue weighted by atomic mass is 9.69. The van der Waals surface area contributed by atoms with Crippen LogP contribution in [0.4, 0.5) is 0 Å². The predicted molar refractivity (Wildman–Crippen MR) is 218 cm³/mol. The topological polar surface area (TPSA) is 30.9 Å². The molecule has 0 spiro atoms. The van der Waals surface area contributed by atoms with E-state index in [9.17, 15) is 0 Å². The third kappa shape index (κ3) is 22.5. The Hall–Kier alpha value is -0.160. The second-order valence-corrected chi connectivity index (χ2v) is 21.5. The van der Waals surface area contributed by atoms with Crippen LogP contribution in [-0.4, -0.2) is 65.7 Å². The Bertz CT molecular complexity index is 774. The van der Waals surface area contributed by atoms with Crippen LogP contribution in [0, 0.1) is 56.7 Å². The summed E-state index contributed by atoms with van der Waals surface area (Å²) in [7, 11) is 5.68. The van der Waals surface area contributed by atoms with Crippen LogP contribution in [0.25, 0.3) is 0 Å². The molecule has 0 aromatic rings. The summed E-state index contributed by atoms with van der Waals surface area (Å²) in [6.45, 7) is 40.8. The van der Waals surface area contributed by atoms with Gasteiger partial charge in [0.15, 0.2) is 0 Å². The van der Waals surface area contributed by atoms with E-state index in [-0.39, 0.29) is 5.41 Å². The van der Waals surface area contributed by atoms with E-state index in [0.29, 0.717) is 27.6 Å². The van der Waals surface area contributed by atoms with Crippen LogP contribution in [0.1, 0.15) is 174 Å². The monoisotopic (exact) mass is 696 g/mol. The molecule has 4 fully saturated rings. The van der Waals surface area contributed by atoms with Crippen LogP contribution in [0.5, 0.6) is 0 Å². The molecule has 2 saturated carbocycles. The molecule has 0 bridgehead atoms. The Balaban J connectivity index is 0.000000590. The molecule has 4 aliphatic rings. The molecule has 49 heavy (non-hydrogen) atoms. The fraction of sp³-hybridized carbons (Fsp3) is 1.00. The van der Waals surface area contributed by atoms with Crippen molar-refractivity contribution in [1.82, 2.24) is 4.90 Å². The Morgan fingerprint density at radius 1 is 0.510 bits per heavy atom. The summed E-state index contributed by atoms with van der Waals surface area (Å²) < 4.78 is 15.5. The second kappa shape index (κ2) is 22.8. The van der Waals surface area contributed by atoms with Gasteiger partial charge in [-0.1, -0.05) is 130 Å². The molecule has 2 heterocycles. The van der Waals surface area contributed by atoms with Crippen LogP contribution in [-0.2, 0) is 14.2 Å². The minimum absolute atomic E-state index is 0.270. The number of piperidine rings is 1. The maximum atomic E-state index is 5.28. The van der Waals surface area contributed by atoms with Crippen LogP contribution < -0.4 is 0 Å². The van der Waals surface area contributed by atoms with Gasteiger partial charge in [-0.3, -0.25) is 0 Å². The molecule has 4 rings (SSSR count). The van der Waals surface area contributed by atoms with Gasteiger partial charge in [0.25, 0.3) is 0 Å². The van der Waals surface area contributed by atoms with E-state index in [4.69, 9.17) is 14.2 Å². The summed E-state index contributed by atoms with van der Waals surface area (Å²) in [6.07, 6.45) is 15.8. The molecule has 296 valence electrons. The standard InChI is InChI=1S/C10H21N.C10H20.C9H20O2.C8H16O.C8H16/c1-10(2,3)9-5-7-11(4)8-6-9;1-10(2,3)9-7-5-4-6-8-9;1-9(2,3)8(6-10-4)7-11-5;1-8(2,3)7-4-5-9-6-7;1-8(2,3)7-5-4-6-7/h9H,5-8H2,1-4H3;9H,4-8H2,1-3H3;8H,6-7H2,1-5H3;7H,4-6H2,1-3H3;7H,4-6H2,1-3H3. The first-order valence-electron chi connectivity index (χ1n) is 20.6. The molecule has 4 heteroatoms. The molecule has 0 aromatic heterocycles. The van der Waals surface area contributed by atoms with Crippen LogP contribution in [0.2, 0.25) is 0 Å². The van der Waals surface area contributed by atoms with Crippen molar-refractivity contribution < 1.29 is 14.2 Å². The molecule has 4 nitrogen and oxygen atoms in total. The molecule has 0 radical (unpaired) electrons. The zero-order chi connectivity index (χ0) is 38.1. The van der Waals surface area contributed by atoms with Gasteiger partial charge in [0.05, 0.1) is 13.2 Å². The van der Waals surface area contributed by atoms with Crippen molar-refractivity contribution in [2.45, 2.75) is 174 Å². The Morgan fingerprint density at radius 3 is 1.10 bits per heavy atom. The highest BCUT2D eigenvalue weighted by molar-refractivity contribution is 4.81. The highest BCUT2D eigenvalue weighted by atomic mass is 16.5. The number of methoxy groups -OCH3 is 2. The van der Waals surface area contributed by atoms with Gasteiger partial charge in [0.2, 0.25) is 0 Å². The summed E-state index contributed by atoms with van der Waals surface area (Å²) in [5.74, 6) is 4.25. The summed E-state index contributed by atoms with van der Waals surface area (Å²) in [5, 5.41) is 0. The minimum atomic E-state index is 0.270. The smallest absolute Gasteiger partial charge is 0.0517 e. The van der Waals surface area contributed by atoms with Crippen LogP contribution >= 0.6 is 0 Å². The molecule has 2 saturated heterocycles. The zero-order valence-corrected chi connectivity index (χ0v) is 37.1. The third-order valence-electron chi connectivity index (χ3n) is 12.2. The quantitative estimate of drug-likeness (QED) is 0.293. The number of ether oxygens (including phenoxy) is 3. The Morgan fingerprint density at radius 2 is 0.878 bits per heavy atom. The summed E-state index contributed by atoms with van der Waals surface area (Å²) in [6, 6.07) is 0. The van der Waals surface area contributed by atoms with E-state index in [0.717, 1.165) is 50.1 Å². The van der Waals surface area contributed by atoms with E-state index in [2.05, 4.69) is 116 Å². The van der Waals surface area contributed by atoms with Gasteiger partial charge in [-0.15, -0.1) is 0 Å². The highest BCUT2D eigenvalue weighted by Gasteiger charge is 2.30. The minimum Gasteiger partial charge on any atom is -0.384 e. The highest BCUT2D eigenvalue weighted by Crippen LogP contribution is 2.41. The SMILES string of the molecule is CC(C)(C)C1CCC1.CC(C)(C)C1CCCCC1.CC(C)(C)C1CCOC1.CN1CCC(C(C)(C)C)CC1.COCC(COC)C(C)(C)C. The number of nitrogens with zero attached hydrogens (tertiary/aromatic N) is 1. The molecule has 0 amide bonds. The lowest BCUT2D eigenvalue weighted by Gasteiger charge is -2.37. The number of rotatable bonds is 4. The van der Waals surface area contributed by atoms with Crippen molar-refractivity contribution in [1.29, 1.82) is 0 Å². The lowest BCUT2D eigenvalue weighted by Crippen LogP contribution is -2.35. The zero-order valence-electron chi connectivity index (χ0n) is 37.1. The maximum absolute atomic E-state index is 5.28. The first kappa shape index (κ1) is 48.8. The maximum Gasteiger partial charge on any atom is 0.0517 e. The summed E-state index contributed by atoms with van der Waals surface area (Å²) >= 11 is 0. The Kier molecular flexibility index (Phi) is 22.7. The number of hydrogen-bond acceptors (Lipinski definition) is 4. The fourth-order valence-corrected chi connectivity index (χ4v) is 7.29. The molecule has 0 N–H and O–H groups in total. The molecule has 2 aliphatic carbocycles. The second-order valence-electron chi connectivity index (χ2n) is 21.5. The van der Waals surface area contributed by atoms with Gasteiger partial charge in [-0.2, -0.15) is 0 Å². The van der Waals surface area contributed by atoms with Gasteiger partial charge in [0.1, 0.15) is 0 Å². The van der Waals surface area contributed by atoms with Crippen molar-refractivity contribution in [3.63, 3.8) is 0 Å². The first-order valence-corrected chi connectivity index (χ1v) is 20.6. The third-order valence-corrected chi connectivity index (χ3v) is 12.2. The average Bonchev–Trinajstić information content (AvgIpc) is 3.48. The average molecular weight is 696 g/mol. The largest absolute Gasteiger partial charge is 0.384 e. The predicted octanol–water partition coefficient (Wildman–Crippen LogP) is 12.8. The van der Waals surface area contributed by atoms with Crippen molar-refractivity contribution in [2.24, 2.45) is 56.7 Å². The molecule has 2 aliphatic heterocycles. The van der Waals surface area contributed by atoms with E-state index in [1.807, 2.05) is 0 Å². The van der Waals surface area contributed by atoms with Gasteiger partial charge in [-0.25, -0.2) is 0 Å². The molecular weight excluding hydrogens is 602 g/mol. The van der Waals surface area contributed by atoms with Crippen molar-refractivity contribution in [3.05, 3.63) is 0 Å². The van der Waals surface area contributed by atoms with Crippen LogP contribution in [0.3, 0.4) is 0 Å². The van der Waals surface area contributed by atoms with E-state index >= 15 is 0 Å². The van der Waals surface area contributed by atoms with E-state index < -0.39 is 0 Å². The normalized spacial score (nSPS) is 22.0. The van der Waals surface area contributed by atoms with Crippen molar-refractivity contribution in [2.75, 3.05) is 60.8 Å². The van der Waals surface area contributed by atoms with Gasteiger partial charge < -0.3 is 19.1 Å².